The van der Waals surface area contributed by atoms with Crippen molar-refractivity contribution in [2.75, 3.05) is 6.61 Å². The first-order valence-corrected chi connectivity index (χ1v) is 6.32. The van der Waals surface area contributed by atoms with Crippen molar-refractivity contribution in [1.29, 1.82) is 0 Å². The average molecular weight is 250 g/mol. The van der Waals surface area contributed by atoms with E-state index in [1.165, 1.54) is 38.5 Å². The maximum atomic E-state index is 8.70. The molecule has 0 aliphatic rings. The molecular formula is C13H28ClNO. The second-order valence-electron chi connectivity index (χ2n) is 4.21. The molecule has 0 rings (SSSR count). The number of rotatable bonds is 10. The number of aliphatic hydroxyl groups excluding tert-OH is 1. The summed E-state index contributed by atoms with van der Waals surface area (Å²) in [6.07, 6.45) is 14.3. The Labute approximate surface area is 107 Å². The molecule has 3 heteroatoms. The van der Waals surface area contributed by atoms with Crippen molar-refractivity contribution in [2.24, 2.45) is 5.73 Å². The van der Waals surface area contributed by atoms with Crippen molar-refractivity contribution < 1.29 is 5.11 Å². The van der Waals surface area contributed by atoms with E-state index in [-0.39, 0.29) is 25.1 Å². The summed E-state index contributed by atoms with van der Waals surface area (Å²) in [4.78, 5) is 0. The molecule has 0 bridgehead atoms. The Morgan fingerprint density at radius 2 is 1.69 bits per heavy atom. The topological polar surface area (TPSA) is 46.2 Å². The van der Waals surface area contributed by atoms with Crippen molar-refractivity contribution >= 4 is 12.4 Å². The molecule has 2 nitrogen and oxygen atoms in total. The number of hydrogen-bond donors (Lipinski definition) is 2. The number of allylic oxidation sites excluding steroid dienone is 1. The van der Waals surface area contributed by atoms with E-state index >= 15 is 0 Å². The largest absolute Gasteiger partial charge is 0.395 e. The summed E-state index contributed by atoms with van der Waals surface area (Å²) in [7, 11) is 0. The Morgan fingerprint density at radius 3 is 2.31 bits per heavy atom. The second-order valence-corrected chi connectivity index (χ2v) is 4.21. The SMILES string of the molecule is CCCCCCCC/C=C/CC(N)CO.Cl. The first-order chi connectivity index (χ1) is 7.31. The highest BCUT2D eigenvalue weighted by Gasteiger charge is 1.94. The van der Waals surface area contributed by atoms with E-state index in [0.29, 0.717) is 0 Å². The number of hydrogen-bond acceptors (Lipinski definition) is 2. The second kappa shape index (κ2) is 14.9. The average Bonchev–Trinajstić information content (AvgIpc) is 2.26. The van der Waals surface area contributed by atoms with Gasteiger partial charge in [-0.25, -0.2) is 0 Å². The van der Waals surface area contributed by atoms with Gasteiger partial charge in [-0.15, -0.1) is 12.4 Å². The molecule has 0 aliphatic heterocycles. The highest BCUT2D eigenvalue weighted by Crippen LogP contribution is 2.07. The molecule has 98 valence electrons. The number of aliphatic hydroxyl groups is 1. The van der Waals surface area contributed by atoms with Gasteiger partial charge in [-0.1, -0.05) is 51.2 Å². The van der Waals surface area contributed by atoms with Crippen molar-refractivity contribution in [3.8, 4) is 0 Å². The summed E-state index contributed by atoms with van der Waals surface area (Å²) in [5.74, 6) is 0. The standard InChI is InChI=1S/C13H27NO.ClH/c1-2-3-4-5-6-7-8-9-10-11-13(14)12-15;/h9-10,13,15H,2-8,11-12,14H2,1H3;1H/b10-9+;. The molecule has 0 fully saturated rings. The molecule has 0 spiro atoms. The van der Waals surface area contributed by atoms with E-state index in [2.05, 4.69) is 19.1 Å². The van der Waals surface area contributed by atoms with Crippen LogP contribution in [-0.4, -0.2) is 17.8 Å². The third-order valence-corrected chi connectivity index (χ3v) is 2.56. The smallest absolute Gasteiger partial charge is 0.0585 e. The molecule has 1 atom stereocenters. The van der Waals surface area contributed by atoms with Crippen LogP contribution in [0.4, 0.5) is 0 Å². The van der Waals surface area contributed by atoms with Crippen molar-refractivity contribution in [3.63, 3.8) is 0 Å². The molecule has 0 aromatic carbocycles. The lowest BCUT2D eigenvalue weighted by molar-refractivity contribution is 0.266. The van der Waals surface area contributed by atoms with Crippen LogP contribution >= 0.6 is 12.4 Å². The molecule has 0 aliphatic carbocycles. The van der Waals surface area contributed by atoms with E-state index in [1.807, 2.05) is 0 Å². The molecule has 0 radical (unpaired) electrons. The molecule has 1 unspecified atom stereocenters. The Bertz CT molecular complexity index is 151. The lowest BCUT2D eigenvalue weighted by Crippen LogP contribution is -2.22. The van der Waals surface area contributed by atoms with Gasteiger partial charge in [0, 0.05) is 6.04 Å². The summed E-state index contributed by atoms with van der Waals surface area (Å²) < 4.78 is 0. The van der Waals surface area contributed by atoms with E-state index < -0.39 is 0 Å². The lowest BCUT2D eigenvalue weighted by atomic mass is 10.1. The first-order valence-electron chi connectivity index (χ1n) is 6.32. The minimum Gasteiger partial charge on any atom is -0.395 e. The fourth-order valence-electron chi connectivity index (χ4n) is 1.51. The van der Waals surface area contributed by atoms with Gasteiger partial charge in [0.15, 0.2) is 0 Å². The van der Waals surface area contributed by atoms with Crippen LogP contribution in [0.1, 0.15) is 58.3 Å². The summed E-state index contributed by atoms with van der Waals surface area (Å²) >= 11 is 0. The molecule has 16 heavy (non-hydrogen) atoms. The quantitative estimate of drug-likeness (QED) is 0.460. The van der Waals surface area contributed by atoms with Crippen LogP contribution < -0.4 is 5.73 Å². The molecule has 0 saturated carbocycles. The summed E-state index contributed by atoms with van der Waals surface area (Å²) in [5.41, 5.74) is 5.57. The van der Waals surface area contributed by atoms with Gasteiger partial charge in [-0.3, -0.25) is 0 Å². The Hall–Kier alpha value is -0.0500. The van der Waals surface area contributed by atoms with E-state index in [0.717, 1.165) is 12.8 Å². The number of unbranched alkanes of at least 4 members (excludes halogenated alkanes) is 6. The minimum absolute atomic E-state index is 0. The third kappa shape index (κ3) is 13.9. The maximum Gasteiger partial charge on any atom is 0.0585 e. The molecule has 3 N–H and O–H groups in total. The molecule has 0 aromatic heterocycles. The zero-order chi connectivity index (χ0) is 11.4. The fourth-order valence-corrected chi connectivity index (χ4v) is 1.51. The van der Waals surface area contributed by atoms with Crippen LogP contribution in [0.3, 0.4) is 0 Å². The molecule has 0 amide bonds. The van der Waals surface area contributed by atoms with Gasteiger partial charge in [0.2, 0.25) is 0 Å². The van der Waals surface area contributed by atoms with E-state index in [1.54, 1.807) is 0 Å². The maximum absolute atomic E-state index is 8.70. The molecule has 0 heterocycles. The Morgan fingerprint density at radius 1 is 1.06 bits per heavy atom. The van der Waals surface area contributed by atoms with Gasteiger partial charge in [0.05, 0.1) is 6.61 Å². The predicted octanol–water partition coefficient (Wildman–Crippen LogP) is 3.42. The van der Waals surface area contributed by atoms with Gasteiger partial charge in [0.25, 0.3) is 0 Å². The zero-order valence-electron chi connectivity index (χ0n) is 10.5. The van der Waals surface area contributed by atoms with Gasteiger partial charge < -0.3 is 10.8 Å². The van der Waals surface area contributed by atoms with Gasteiger partial charge in [-0.05, 0) is 19.3 Å². The fraction of sp³-hybridized carbons (Fsp3) is 0.846. The summed E-state index contributed by atoms with van der Waals surface area (Å²) in [6, 6.07) is -0.0780. The lowest BCUT2D eigenvalue weighted by Gasteiger charge is -2.02. The highest BCUT2D eigenvalue weighted by molar-refractivity contribution is 5.85. The molecule has 0 saturated heterocycles. The minimum atomic E-state index is -0.0780. The normalized spacial score (nSPS) is 12.7. The van der Waals surface area contributed by atoms with Crippen LogP contribution in [0.15, 0.2) is 12.2 Å². The van der Waals surface area contributed by atoms with Gasteiger partial charge >= 0.3 is 0 Å². The van der Waals surface area contributed by atoms with Crippen molar-refractivity contribution in [2.45, 2.75) is 64.3 Å². The van der Waals surface area contributed by atoms with Crippen LogP contribution in [-0.2, 0) is 0 Å². The van der Waals surface area contributed by atoms with Crippen LogP contribution in [0.5, 0.6) is 0 Å². The van der Waals surface area contributed by atoms with Gasteiger partial charge in [-0.2, -0.15) is 0 Å². The van der Waals surface area contributed by atoms with Crippen LogP contribution in [0.25, 0.3) is 0 Å². The van der Waals surface area contributed by atoms with E-state index in [9.17, 15) is 0 Å². The van der Waals surface area contributed by atoms with Crippen molar-refractivity contribution in [1.82, 2.24) is 0 Å². The number of halogens is 1. The third-order valence-electron chi connectivity index (χ3n) is 2.56. The summed E-state index contributed by atoms with van der Waals surface area (Å²) in [5, 5.41) is 8.70. The summed E-state index contributed by atoms with van der Waals surface area (Å²) in [6.45, 7) is 2.33. The first kappa shape index (κ1) is 18.3. The zero-order valence-corrected chi connectivity index (χ0v) is 11.3. The molecule has 0 aromatic rings. The van der Waals surface area contributed by atoms with Crippen LogP contribution in [0, 0.1) is 0 Å². The Balaban J connectivity index is 0. The predicted molar refractivity (Wildman–Crippen MR) is 74.1 cm³/mol. The van der Waals surface area contributed by atoms with Crippen molar-refractivity contribution in [3.05, 3.63) is 12.2 Å². The van der Waals surface area contributed by atoms with Gasteiger partial charge in [0.1, 0.15) is 0 Å². The van der Waals surface area contributed by atoms with Crippen LogP contribution in [0.2, 0.25) is 0 Å². The van der Waals surface area contributed by atoms with E-state index in [4.69, 9.17) is 10.8 Å². The molecular weight excluding hydrogens is 222 g/mol. The highest BCUT2D eigenvalue weighted by atomic mass is 35.5. The Kier molecular flexibility index (Phi) is 17.1. The number of nitrogens with two attached hydrogens (primary N) is 1. The monoisotopic (exact) mass is 249 g/mol.